The van der Waals surface area contributed by atoms with Crippen molar-refractivity contribution in [3.05, 3.63) is 0 Å². The van der Waals surface area contributed by atoms with Gasteiger partial charge in [-0.15, -0.1) is 0 Å². The molecule has 0 bridgehead atoms. The number of rotatable bonds is 1. The highest BCUT2D eigenvalue weighted by atomic mass is 16.7. The lowest BCUT2D eigenvalue weighted by Gasteiger charge is -2.30. The molecule has 1 fully saturated rings. The van der Waals surface area contributed by atoms with Gasteiger partial charge in [0.1, 0.15) is 0 Å². The molecule has 6 nitrogen and oxygen atoms in total. The van der Waals surface area contributed by atoms with Crippen molar-refractivity contribution < 1.29 is 14.4 Å². The van der Waals surface area contributed by atoms with Gasteiger partial charge in [0.05, 0.1) is 12.0 Å². The third-order valence-corrected chi connectivity index (χ3v) is 2.37. The molecule has 6 N–H and O–H groups in total. The minimum Gasteiger partial charge on any atom is -0.373 e. The molecular weight excluding hydrogens is 174 g/mol. The van der Waals surface area contributed by atoms with E-state index < -0.39 is 24.0 Å². The van der Waals surface area contributed by atoms with Crippen molar-refractivity contribution >= 4 is 11.8 Å². The van der Waals surface area contributed by atoms with Gasteiger partial charge in [-0.2, -0.15) is 5.90 Å². The molecule has 0 amide bonds. The van der Waals surface area contributed by atoms with E-state index in [9.17, 15) is 9.59 Å². The van der Waals surface area contributed by atoms with E-state index in [2.05, 4.69) is 4.84 Å². The maximum Gasteiger partial charge on any atom is 0.329 e. The van der Waals surface area contributed by atoms with Crippen LogP contribution in [0.4, 0.5) is 0 Å². The average molecular weight is 187 g/mol. The third-order valence-electron chi connectivity index (χ3n) is 2.37. The highest BCUT2D eigenvalue weighted by Gasteiger charge is 2.38. The summed E-state index contributed by atoms with van der Waals surface area (Å²) < 4.78 is 0. The third kappa shape index (κ3) is 1.85. The Morgan fingerprint density at radius 2 is 2.08 bits per heavy atom. The fraction of sp³-hybridized carbons (Fsp3) is 0.714. The van der Waals surface area contributed by atoms with Gasteiger partial charge >= 0.3 is 5.97 Å². The lowest BCUT2D eigenvalue weighted by Crippen LogP contribution is -2.56. The largest absolute Gasteiger partial charge is 0.373 e. The Morgan fingerprint density at radius 3 is 2.62 bits per heavy atom. The van der Waals surface area contributed by atoms with Crippen LogP contribution >= 0.6 is 0 Å². The van der Waals surface area contributed by atoms with E-state index in [1.807, 2.05) is 0 Å². The second-order valence-corrected chi connectivity index (χ2v) is 3.15. The SMILES string of the molecule is NOC(=O)C1CCC(=O)C(N)C1N. The lowest BCUT2D eigenvalue weighted by atomic mass is 9.81. The van der Waals surface area contributed by atoms with E-state index in [4.69, 9.17) is 17.4 Å². The molecule has 0 aliphatic heterocycles. The second kappa shape index (κ2) is 3.82. The number of hydrogen-bond acceptors (Lipinski definition) is 6. The maximum absolute atomic E-state index is 11.1. The molecule has 0 aromatic rings. The van der Waals surface area contributed by atoms with Gasteiger partial charge in [-0.25, -0.2) is 0 Å². The van der Waals surface area contributed by atoms with Crippen molar-refractivity contribution in [2.24, 2.45) is 23.3 Å². The van der Waals surface area contributed by atoms with Gasteiger partial charge in [0.25, 0.3) is 0 Å². The number of carbonyl (C=O) groups excluding carboxylic acids is 2. The zero-order chi connectivity index (χ0) is 10.0. The first-order valence-corrected chi connectivity index (χ1v) is 4.02. The van der Waals surface area contributed by atoms with Gasteiger partial charge in [-0.05, 0) is 6.42 Å². The van der Waals surface area contributed by atoms with Crippen molar-refractivity contribution in [1.29, 1.82) is 0 Å². The van der Waals surface area contributed by atoms with Crippen LogP contribution < -0.4 is 17.4 Å². The normalized spacial score (nSPS) is 34.4. The smallest absolute Gasteiger partial charge is 0.329 e. The fourth-order valence-electron chi connectivity index (χ4n) is 1.48. The second-order valence-electron chi connectivity index (χ2n) is 3.15. The van der Waals surface area contributed by atoms with Crippen molar-refractivity contribution in [1.82, 2.24) is 0 Å². The molecule has 0 aromatic heterocycles. The van der Waals surface area contributed by atoms with Crippen molar-refractivity contribution in [2.45, 2.75) is 24.9 Å². The van der Waals surface area contributed by atoms with E-state index in [1.165, 1.54) is 0 Å². The van der Waals surface area contributed by atoms with E-state index in [0.717, 1.165) is 0 Å². The van der Waals surface area contributed by atoms with Crippen molar-refractivity contribution in [3.8, 4) is 0 Å². The number of carbonyl (C=O) groups is 2. The fourth-order valence-corrected chi connectivity index (χ4v) is 1.48. The maximum atomic E-state index is 11.1. The van der Waals surface area contributed by atoms with E-state index in [1.54, 1.807) is 0 Å². The first-order chi connectivity index (χ1) is 6.07. The first-order valence-electron chi connectivity index (χ1n) is 4.02. The molecule has 6 heteroatoms. The quantitative estimate of drug-likeness (QED) is 0.410. The van der Waals surface area contributed by atoms with Gasteiger partial charge in [0.2, 0.25) is 0 Å². The molecule has 1 aliphatic rings. The van der Waals surface area contributed by atoms with Crippen LogP contribution in [-0.2, 0) is 14.4 Å². The molecule has 0 spiro atoms. The predicted molar refractivity (Wildman–Crippen MR) is 44.0 cm³/mol. The predicted octanol–water partition coefficient (Wildman–Crippen LogP) is -1.96. The van der Waals surface area contributed by atoms with Crippen LogP contribution in [0.15, 0.2) is 0 Å². The summed E-state index contributed by atoms with van der Waals surface area (Å²) in [4.78, 5) is 26.2. The van der Waals surface area contributed by atoms with Crippen LogP contribution in [0, 0.1) is 5.92 Å². The van der Waals surface area contributed by atoms with Gasteiger partial charge in [-0.1, -0.05) is 0 Å². The Kier molecular flexibility index (Phi) is 2.97. The Morgan fingerprint density at radius 1 is 1.46 bits per heavy atom. The summed E-state index contributed by atoms with van der Waals surface area (Å²) in [7, 11) is 0. The summed E-state index contributed by atoms with van der Waals surface area (Å²) in [6, 6.07) is -1.46. The Bertz CT molecular complexity index is 231. The van der Waals surface area contributed by atoms with Crippen molar-refractivity contribution in [2.75, 3.05) is 0 Å². The van der Waals surface area contributed by atoms with Crippen LogP contribution in [0.2, 0.25) is 0 Å². The molecule has 0 radical (unpaired) electrons. The van der Waals surface area contributed by atoms with Crippen LogP contribution in [0.25, 0.3) is 0 Å². The molecule has 1 rings (SSSR count). The summed E-state index contributed by atoms with van der Waals surface area (Å²) in [5.74, 6) is 3.44. The Labute approximate surface area is 75.3 Å². The van der Waals surface area contributed by atoms with Gasteiger partial charge in [-0.3, -0.25) is 9.59 Å². The Balaban J connectivity index is 2.69. The summed E-state index contributed by atoms with van der Waals surface area (Å²) in [5, 5.41) is 0. The molecule has 74 valence electrons. The molecule has 0 saturated heterocycles. The summed E-state index contributed by atoms with van der Waals surface area (Å²) >= 11 is 0. The monoisotopic (exact) mass is 187 g/mol. The minimum absolute atomic E-state index is 0.117. The number of Topliss-reactive ketones (excluding diaryl/α,β-unsaturated/α-hetero) is 1. The number of hydrogen-bond donors (Lipinski definition) is 3. The zero-order valence-electron chi connectivity index (χ0n) is 7.10. The zero-order valence-corrected chi connectivity index (χ0v) is 7.10. The van der Waals surface area contributed by atoms with Crippen LogP contribution in [0.5, 0.6) is 0 Å². The molecule has 3 atom stereocenters. The van der Waals surface area contributed by atoms with Crippen LogP contribution in [-0.4, -0.2) is 23.8 Å². The summed E-state index contributed by atoms with van der Waals surface area (Å²) in [6.45, 7) is 0. The van der Waals surface area contributed by atoms with E-state index in [0.29, 0.717) is 6.42 Å². The molecular formula is C7H13N3O3. The highest BCUT2D eigenvalue weighted by Crippen LogP contribution is 2.20. The topological polar surface area (TPSA) is 121 Å². The molecule has 3 unspecified atom stereocenters. The average Bonchev–Trinajstić information content (AvgIpc) is 2.13. The molecule has 0 heterocycles. The number of ketones is 1. The minimum atomic E-state index is -0.780. The Hall–Kier alpha value is -0.980. The standard InChI is InChI=1S/C7H13N3O3/c8-5-3(7(12)13-10)1-2-4(11)6(5)9/h3,5-6H,1-2,8-10H2. The molecule has 13 heavy (non-hydrogen) atoms. The lowest BCUT2D eigenvalue weighted by molar-refractivity contribution is -0.151. The number of nitrogens with two attached hydrogens (primary N) is 3. The van der Waals surface area contributed by atoms with E-state index >= 15 is 0 Å². The summed E-state index contributed by atoms with van der Waals surface area (Å²) in [5.41, 5.74) is 11.1. The van der Waals surface area contributed by atoms with Crippen LogP contribution in [0.1, 0.15) is 12.8 Å². The van der Waals surface area contributed by atoms with Gasteiger partial charge in [0, 0.05) is 12.5 Å². The summed E-state index contributed by atoms with van der Waals surface area (Å²) in [6.07, 6.45) is 0.623. The highest BCUT2D eigenvalue weighted by molar-refractivity contribution is 5.88. The van der Waals surface area contributed by atoms with Gasteiger partial charge in [0.15, 0.2) is 5.78 Å². The first kappa shape index (κ1) is 10.1. The van der Waals surface area contributed by atoms with Crippen molar-refractivity contribution in [3.63, 3.8) is 0 Å². The van der Waals surface area contributed by atoms with Gasteiger partial charge < -0.3 is 16.3 Å². The molecule has 1 aliphatic carbocycles. The van der Waals surface area contributed by atoms with E-state index in [-0.39, 0.29) is 12.2 Å². The molecule has 0 aromatic carbocycles. The van der Waals surface area contributed by atoms with Crippen LogP contribution in [0.3, 0.4) is 0 Å². The molecule has 1 saturated carbocycles.